The predicted molar refractivity (Wildman–Crippen MR) is 79.2 cm³/mol. The summed E-state index contributed by atoms with van der Waals surface area (Å²) in [5.74, 6) is -0.172. The molecule has 1 aromatic carbocycles. The Hall–Kier alpha value is -0.410. The molecule has 0 amide bonds. The van der Waals surface area contributed by atoms with Crippen molar-refractivity contribution in [1.82, 2.24) is 5.32 Å². The predicted octanol–water partition coefficient (Wildman–Crippen LogP) is 5.04. The summed E-state index contributed by atoms with van der Waals surface area (Å²) in [6.45, 7) is 3.97. The van der Waals surface area contributed by atoms with Crippen LogP contribution in [0.3, 0.4) is 0 Å². The highest BCUT2D eigenvalue weighted by atomic mass is 79.9. The molecule has 0 radical (unpaired) electrons. The maximum atomic E-state index is 13.0. The highest BCUT2D eigenvalue weighted by Crippen LogP contribution is 2.17. The summed E-state index contributed by atoms with van der Waals surface area (Å²) >= 11 is 3.44. The van der Waals surface area contributed by atoms with Gasteiger partial charge < -0.3 is 5.32 Å². The van der Waals surface area contributed by atoms with Crippen molar-refractivity contribution in [2.24, 2.45) is 0 Å². The Labute approximate surface area is 118 Å². The minimum atomic E-state index is -0.172. The Balaban J connectivity index is 2.09. The summed E-state index contributed by atoms with van der Waals surface area (Å²) in [6, 6.07) is 4.82. The second-order valence-corrected chi connectivity index (χ2v) is 5.53. The Morgan fingerprint density at radius 3 is 2.61 bits per heavy atom. The largest absolute Gasteiger partial charge is 0.313 e. The van der Waals surface area contributed by atoms with Crippen LogP contribution in [0.2, 0.25) is 0 Å². The minimum absolute atomic E-state index is 0.172. The van der Waals surface area contributed by atoms with E-state index < -0.39 is 0 Å². The van der Waals surface area contributed by atoms with Crippen LogP contribution in [0.5, 0.6) is 0 Å². The lowest BCUT2D eigenvalue weighted by molar-refractivity contribution is 0.569. The maximum Gasteiger partial charge on any atom is 0.123 e. The molecule has 0 unspecified atom stereocenters. The van der Waals surface area contributed by atoms with E-state index in [4.69, 9.17) is 0 Å². The van der Waals surface area contributed by atoms with E-state index in [-0.39, 0.29) is 5.82 Å². The van der Waals surface area contributed by atoms with Crippen molar-refractivity contribution < 1.29 is 4.39 Å². The number of unbranched alkanes of at least 4 members (excludes halogenated alkanes) is 5. The fraction of sp³-hybridized carbons (Fsp3) is 0.600. The quantitative estimate of drug-likeness (QED) is 0.630. The molecule has 0 bridgehead atoms. The van der Waals surface area contributed by atoms with Crippen molar-refractivity contribution in [3.05, 3.63) is 34.1 Å². The van der Waals surface area contributed by atoms with Crippen LogP contribution in [-0.2, 0) is 6.54 Å². The molecule has 0 saturated carbocycles. The molecule has 0 saturated heterocycles. The average molecular weight is 316 g/mol. The van der Waals surface area contributed by atoms with Crippen molar-refractivity contribution >= 4 is 15.9 Å². The third-order valence-corrected chi connectivity index (χ3v) is 3.80. The monoisotopic (exact) mass is 315 g/mol. The van der Waals surface area contributed by atoms with E-state index in [2.05, 4.69) is 28.2 Å². The van der Waals surface area contributed by atoms with Crippen LogP contribution in [0.25, 0.3) is 0 Å². The lowest BCUT2D eigenvalue weighted by Gasteiger charge is -2.07. The molecule has 1 N–H and O–H groups in total. The summed E-state index contributed by atoms with van der Waals surface area (Å²) in [5.41, 5.74) is 0.987. The van der Waals surface area contributed by atoms with Crippen molar-refractivity contribution in [2.75, 3.05) is 6.54 Å². The van der Waals surface area contributed by atoms with Crippen LogP contribution >= 0.6 is 15.9 Å². The second kappa shape index (κ2) is 9.51. The summed E-state index contributed by atoms with van der Waals surface area (Å²) in [4.78, 5) is 0. The van der Waals surface area contributed by atoms with Gasteiger partial charge in [-0.2, -0.15) is 0 Å². The summed E-state index contributed by atoms with van der Waals surface area (Å²) < 4.78 is 14.0. The fourth-order valence-corrected chi connectivity index (χ4v) is 2.32. The second-order valence-electron chi connectivity index (χ2n) is 4.68. The Bertz CT molecular complexity index is 341. The first-order valence-corrected chi connectivity index (χ1v) is 7.68. The summed E-state index contributed by atoms with van der Waals surface area (Å²) in [6.07, 6.45) is 7.83. The molecular formula is C15H23BrFN. The number of nitrogens with one attached hydrogen (secondary N) is 1. The Morgan fingerprint density at radius 2 is 1.83 bits per heavy atom. The van der Waals surface area contributed by atoms with Gasteiger partial charge in [-0.1, -0.05) is 55.0 Å². The first-order valence-electron chi connectivity index (χ1n) is 6.88. The van der Waals surface area contributed by atoms with Gasteiger partial charge in [-0.15, -0.1) is 0 Å². The van der Waals surface area contributed by atoms with Crippen LogP contribution in [0, 0.1) is 5.82 Å². The SMILES string of the molecule is CCCCCCCCNCc1cc(F)ccc1Br. The van der Waals surface area contributed by atoms with Crippen molar-refractivity contribution in [1.29, 1.82) is 0 Å². The number of halogens is 2. The molecule has 0 spiro atoms. The third kappa shape index (κ3) is 6.50. The summed E-state index contributed by atoms with van der Waals surface area (Å²) in [5, 5.41) is 3.36. The van der Waals surface area contributed by atoms with Gasteiger partial charge in [0.2, 0.25) is 0 Å². The topological polar surface area (TPSA) is 12.0 Å². The molecular weight excluding hydrogens is 293 g/mol. The molecule has 0 atom stereocenters. The van der Waals surface area contributed by atoms with Gasteiger partial charge in [-0.25, -0.2) is 4.39 Å². The van der Waals surface area contributed by atoms with Gasteiger partial charge in [0.15, 0.2) is 0 Å². The van der Waals surface area contributed by atoms with E-state index in [9.17, 15) is 4.39 Å². The molecule has 18 heavy (non-hydrogen) atoms. The van der Waals surface area contributed by atoms with E-state index in [1.165, 1.54) is 44.6 Å². The van der Waals surface area contributed by atoms with Crippen LogP contribution in [0.1, 0.15) is 51.0 Å². The number of hydrogen-bond acceptors (Lipinski definition) is 1. The molecule has 1 rings (SSSR count). The van der Waals surface area contributed by atoms with Crippen LogP contribution in [-0.4, -0.2) is 6.54 Å². The van der Waals surface area contributed by atoms with Gasteiger partial charge in [-0.3, -0.25) is 0 Å². The van der Waals surface area contributed by atoms with Gasteiger partial charge in [0.05, 0.1) is 0 Å². The smallest absolute Gasteiger partial charge is 0.123 e. The van der Waals surface area contributed by atoms with E-state index in [0.717, 1.165) is 23.1 Å². The van der Waals surface area contributed by atoms with Gasteiger partial charge in [0.1, 0.15) is 5.82 Å². The highest BCUT2D eigenvalue weighted by molar-refractivity contribution is 9.10. The molecule has 102 valence electrons. The van der Waals surface area contributed by atoms with E-state index >= 15 is 0 Å². The summed E-state index contributed by atoms with van der Waals surface area (Å²) in [7, 11) is 0. The van der Waals surface area contributed by atoms with E-state index in [0.29, 0.717) is 0 Å². The molecule has 3 heteroatoms. The van der Waals surface area contributed by atoms with Crippen molar-refractivity contribution in [3.63, 3.8) is 0 Å². The van der Waals surface area contributed by atoms with Crippen LogP contribution < -0.4 is 5.32 Å². The van der Waals surface area contributed by atoms with Gasteiger partial charge in [0.25, 0.3) is 0 Å². The molecule has 0 aliphatic rings. The molecule has 0 aromatic heterocycles. The first-order chi connectivity index (χ1) is 8.74. The molecule has 1 aromatic rings. The normalized spacial score (nSPS) is 10.8. The Kier molecular flexibility index (Phi) is 8.27. The zero-order valence-corrected chi connectivity index (χ0v) is 12.7. The lowest BCUT2D eigenvalue weighted by atomic mass is 10.1. The first kappa shape index (κ1) is 15.6. The number of hydrogen-bond donors (Lipinski definition) is 1. The number of rotatable bonds is 9. The van der Waals surface area contributed by atoms with Gasteiger partial charge in [0, 0.05) is 11.0 Å². The zero-order valence-electron chi connectivity index (χ0n) is 11.1. The molecule has 0 aliphatic heterocycles. The molecule has 0 heterocycles. The van der Waals surface area contributed by atoms with Crippen LogP contribution in [0.4, 0.5) is 4.39 Å². The standard InChI is InChI=1S/C15H23BrFN/c1-2-3-4-5-6-7-10-18-12-13-11-14(17)8-9-15(13)16/h8-9,11,18H,2-7,10,12H2,1H3. The average Bonchev–Trinajstić information content (AvgIpc) is 2.36. The molecule has 0 fully saturated rings. The highest BCUT2D eigenvalue weighted by Gasteiger charge is 2.00. The van der Waals surface area contributed by atoms with Gasteiger partial charge >= 0.3 is 0 Å². The molecule has 0 aliphatic carbocycles. The minimum Gasteiger partial charge on any atom is -0.313 e. The molecule has 1 nitrogen and oxygen atoms in total. The third-order valence-electron chi connectivity index (χ3n) is 3.03. The van der Waals surface area contributed by atoms with Crippen molar-refractivity contribution in [3.8, 4) is 0 Å². The van der Waals surface area contributed by atoms with E-state index in [1.54, 1.807) is 12.1 Å². The fourth-order valence-electron chi connectivity index (χ4n) is 1.93. The van der Waals surface area contributed by atoms with Crippen molar-refractivity contribution in [2.45, 2.75) is 52.0 Å². The van der Waals surface area contributed by atoms with Crippen LogP contribution in [0.15, 0.2) is 22.7 Å². The van der Waals surface area contributed by atoms with E-state index in [1.807, 2.05) is 0 Å². The maximum absolute atomic E-state index is 13.0. The Morgan fingerprint density at radius 1 is 1.11 bits per heavy atom. The van der Waals surface area contributed by atoms with Gasteiger partial charge in [-0.05, 0) is 36.7 Å². The number of benzene rings is 1. The zero-order chi connectivity index (χ0) is 13.2. The lowest BCUT2D eigenvalue weighted by Crippen LogP contribution is -2.15.